The zero-order valence-corrected chi connectivity index (χ0v) is 12.7. The fourth-order valence-electron chi connectivity index (χ4n) is 1.81. The van der Waals surface area contributed by atoms with E-state index in [1.807, 2.05) is 32.9 Å². The summed E-state index contributed by atoms with van der Waals surface area (Å²) >= 11 is 5.99. The van der Waals surface area contributed by atoms with Gasteiger partial charge in [-0.1, -0.05) is 28.9 Å². The number of benzene rings is 1. The lowest BCUT2D eigenvalue weighted by molar-refractivity contribution is -0.120. The van der Waals surface area contributed by atoms with Crippen molar-refractivity contribution in [1.29, 1.82) is 0 Å². The molecule has 1 N–H and O–H groups in total. The van der Waals surface area contributed by atoms with Gasteiger partial charge >= 0.3 is 0 Å². The fraction of sp³-hybridized carbons (Fsp3) is 0.333. The summed E-state index contributed by atoms with van der Waals surface area (Å²) < 4.78 is 5.05. The molecule has 0 atom stereocenters. The third kappa shape index (κ3) is 2.70. The molecular formula is C15H17ClN2O2. The first-order valence-electron chi connectivity index (χ1n) is 6.32. The van der Waals surface area contributed by atoms with Gasteiger partial charge in [0.1, 0.15) is 5.76 Å². The second-order valence-corrected chi connectivity index (χ2v) is 5.74. The van der Waals surface area contributed by atoms with E-state index in [4.69, 9.17) is 16.1 Å². The Hall–Kier alpha value is -1.81. The van der Waals surface area contributed by atoms with Crippen molar-refractivity contribution in [3.05, 3.63) is 46.2 Å². The number of hydrogen-bond acceptors (Lipinski definition) is 3. The summed E-state index contributed by atoms with van der Waals surface area (Å²) in [5.74, 6) is 1.000. The van der Waals surface area contributed by atoms with E-state index in [1.54, 1.807) is 19.1 Å². The van der Waals surface area contributed by atoms with Crippen LogP contribution < -0.4 is 5.32 Å². The van der Waals surface area contributed by atoms with Gasteiger partial charge in [-0.05, 0) is 45.4 Å². The first-order chi connectivity index (χ1) is 9.32. The highest BCUT2D eigenvalue weighted by Crippen LogP contribution is 2.28. The Morgan fingerprint density at radius 1 is 1.35 bits per heavy atom. The Bertz CT molecular complexity index is 647. The van der Waals surface area contributed by atoms with Gasteiger partial charge in [-0.3, -0.25) is 4.79 Å². The van der Waals surface area contributed by atoms with Crippen LogP contribution in [0.1, 0.15) is 30.7 Å². The van der Waals surface area contributed by atoms with Crippen LogP contribution in [0.4, 0.5) is 5.82 Å². The molecule has 1 aromatic carbocycles. The summed E-state index contributed by atoms with van der Waals surface area (Å²) in [5.41, 5.74) is 0.963. The topological polar surface area (TPSA) is 55.1 Å². The van der Waals surface area contributed by atoms with E-state index >= 15 is 0 Å². The molecule has 0 radical (unpaired) electrons. The van der Waals surface area contributed by atoms with Crippen LogP contribution in [0.15, 0.2) is 28.8 Å². The van der Waals surface area contributed by atoms with Gasteiger partial charge < -0.3 is 9.84 Å². The van der Waals surface area contributed by atoms with Crippen molar-refractivity contribution in [3.63, 3.8) is 0 Å². The van der Waals surface area contributed by atoms with Gasteiger partial charge in [-0.2, -0.15) is 0 Å². The van der Waals surface area contributed by atoms with Crippen LogP contribution in [0.5, 0.6) is 0 Å². The average molecular weight is 293 g/mol. The van der Waals surface area contributed by atoms with Crippen LogP contribution in [-0.4, -0.2) is 11.1 Å². The van der Waals surface area contributed by atoms with E-state index in [0.717, 1.165) is 11.1 Å². The first kappa shape index (κ1) is 14.6. The average Bonchev–Trinajstić information content (AvgIpc) is 2.70. The highest BCUT2D eigenvalue weighted by atomic mass is 35.5. The van der Waals surface area contributed by atoms with Crippen molar-refractivity contribution < 1.29 is 9.32 Å². The summed E-state index contributed by atoms with van der Waals surface area (Å²) in [6, 6.07) is 7.29. The number of carbonyl (C=O) groups is 1. The number of anilines is 1. The molecule has 106 valence electrons. The number of nitrogens with zero attached hydrogens (tertiary/aromatic N) is 1. The zero-order valence-electron chi connectivity index (χ0n) is 12.0. The molecule has 0 aliphatic rings. The molecule has 1 heterocycles. The second kappa shape index (κ2) is 5.29. The van der Waals surface area contributed by atoms with Gasteiger partial charge in [0.2, 0.25) is 5.91 Å². The van der Waals surface area contributed by atoms with E-state index in [9.17, 15) is 4.79 Å². The predicted molar refractivity (Wildman–Crippen MR) is 79.1 cm³/mol. The highest BCUT2D eigenvalue weighted by molar-refractivity contribution is 6.30. The van der Waals surface area contributed by atoms with E-state index < -0.39 is 5.41 Å². The monoisotopic (exact) mass is 292 g/mol. The maximum atomic E-state index is 12.5. The minimum atomic E-state index is -0.718. The Kier molecular flexibility index (Phi) is 3.86. The van der Waals surface area contributed by atoms with Gasteiger partial charge in [-0.25, -0.2) is 0 Å². The summed E-state index contributed by atoms with van der Waals surface area (Å²) in [4.78, 5) is 12.5. The number of hydrogen-bond donors (Lipinski definition) is 1. The zero-order chi connectivity index (χ0) is 14.9. The normalized spacial score (nSPS) is 11.4. The summed E-state index contributed by atoms with van der Waals surface area (Å²) in [6.45, 7) is 7.35. The molecule has 0 unspecified atom stereocenters. The molecule has 20 heavy (non-hydrogen) atoms. The second-order valence-electron chi connectivity index (χ2n) is 5.30. The number of halogens is 1. The SMILES string of the molecule is Cc1onc(NC(=O)C(C)(C)c2cccc(Cl)c2)c1C. The molecule has 0 saturated carbocycles. The van der Waals surface area contributed by atoms with Crippen molar-refractivity contribution in [2.75, 3.05) is 5.32 Å². The molecule has 1 amide bonds. The summed E-state index contributed by atoms with van der Waals surface area (Å²) in [6.07, 6.45) is 0. The molecule has 0 spiro atoms. The lowest BCUT2D eigenvalue weighted by Gasteiger charge is -2.23. The van der Waals surface area contributed by atoms with Crippen LogP contribution in [0.3, 0.4) is 0 Å². The van der Waals surface area contributed by atoms with Gasteiger partial charge in [0.05, 0.1) is 5.41 Å². The molecule has 5 heteroatoms. The van der Waals surface area contributed by atoms with E-state index in [2.05, 4.69) is 10.5 Å². The fourth-order valence-corrected chi connectivity index (χ4v) is 2.00. The first-order valence-corrected chi connectivity index (χ1v) is 6.70. The maximum Gasteiger partial charge on any atom is 0.235 e. The van der Waals surface area contributed by atoms with Crippen LogP contribution >= 0.6 is 11.6 Å². The Morgan fingerprint density at radius 2 is 2.05 bits per heavy atom. The molecule has 0 aliphatic carbocycles. The van der Waals surface area contributed by atoms with E-state index in [-0.39, 0.29) is 5.91 Å². The van der Waals surface area contributed by atoms with Gasteiger partial charge in [0, 0.05) is 10.6 Å². The predicted octanol–water partition coefficient (Wildman–Crippen LogP) is 3.86. The molecule has 4 nitrogen and oxygen atoms in total. The summed E-state index contributed by atoms with van der Waals surface area (Å²) in [5, 5.41) is 7.26. The summed E-state index contributed by atoms with van der Waals surface area (Å²) in [7, 11) is 0. The Balaban J connectivity index is 2.25. The molecule has 0 aliphatic heterocycles. The molecule has 0 fully saturated rings. The van der Waals surface area contributed by atoms with E-state index in [0.29, 0.717) is 16.6 Å². The standard InChI is InChI=1S/C15H17ClN2O2/c1-9-10(2)20-18-13(9)17-14(19)15(3,4)11-6-5-7-12(16)8-11/h5-8H,1-4H3,(H,17,18,19). The van der Waals surface area contributed by atoms with E-state index in [1.165, 1.54) is 0 Å². The molecule has 0 bridgehead atoms. The quantitative estimate of drug-likeness (QED) is 0.934. The number of carbonyl (C=O) groups excluding carboxylic acids is 1. The molecule has 0 saturated heterocycles. The van der Waals surface area contributed by atoms with Gasteiger partial charge in [0.15, 0.2) is 5.82 Å². The largest absolute Gasteiger partial charge is 0.359 e. The smallest absolute Gasteiger partial charge is 0.235 e. The lowest BCUT2D eigenvalue weighted by Crippen LogP contribution is -2.35. The van der Waals surface area contributed by atoms with Crippen molar-refractivity contribution in [2.45, 2.75) is 33.1 Å². The third-order valence-corrected chi connectivity index (χ3v) is 3.74. The third-order valence-electron chi connectivity index (χ3n) is 3.50. The van der Waals surface area contributed by atoms with Crippen molar-refractivity contribution in [2.24, 2.45) is 0 Å². The van der Waals surface area contributed by atoms with Crippen molar-refractivity contribution >= 4 is 23.3 Å². The Labute approximate surface area is 123 Å². The Morgan fingerprint density at radius 3 is 2.60 bits per heavy atom. The van der Waals surface area contributed by atoms with Crippen LogP contribution in [0, 0.1) is 13.8 Å². The molecule has 2 aromatic rings. The molecular weight excluding hydrogens is 276 g/mol. The minimum Gasteiger partial charge on any atom is -0.359 e. The number of nitrogens with one attached hydrogen (secondary N) is 1. The van der Waals surface area contributed by atoms with Gasteiger partial charge in [0.25, 0.3) is 0 Å². The van der Waals surface area contributed by atoms with Crippen LogP contribution in [-0.2, 0) is 10.2 Å². The lowest BCUT2D eigenvalue weighted by atomic mass is 9.83. The van der Waals surface area contributed by atoms with Crippen molar-refractivity contribution in [1.82, 2.24) is 5.16 Å². The number of aromatic nitrogens is 1. The molecule has 1 aromatic heterocycles. The van der Waals surface area contributed by atoms with Crippen LogP contribution in [0.25, 0.3) is 0 Å². The number of aryl methyl sites for hydroxylation is 1. The van der Waals surface area contributed by atoms with Crippen LogP contribution in [0.2, 0.25) is 5.02 Å². The number of amides is 1. The van der Waals surface area contributed by atoms with Gasteiger partial charge in [-0.15, -0.1) is 0 Å². The van der Waals surface area contributed by atoms with Crippen molar-refractivity contribution in [3.8, 4) is 0 Å². The molecule has 2 rings (SSSR count). The minimum absolute atomic E-state index is 0.156. The maximum absolute atomic E-state index is 12.5. The highest BCUT2D eigenvalue weighted by Gasteiger charge is 2.31. The number of rotatable bonds is 3.